The summed E-state index contributed by atoms with van der Waals surface area (Å²) in [5.74, 6) is 0. The van der Waals surface area contributed by atoms with Crippen LogP contribution in [0.1, 0.15) is 5.56 Å². The Hall–Kier alpha value is -1.35. The van der Waals surface area contributed by atoms with Crippen LogP contribution in [0.4, 0.5) is 0 Å². The highest BCUT2D eigenvalue weighted by Crippen LogP contribution is 2.26. The summed E-state index contributed by atoms with van der Waals surface area (Å²) in [6.45, 7) is 0. The van der Waals surface area contributed by atoms with Crippen molar-refractivity contribution in [2.75, 3.05) is 14.1 Å². The van der Waals surface area contributed by atoms with E-state index in [1.807, 2.05) is 32.4 Å². The third-order valence-corrected chi connectivity index (χ3v) is 3.21. The summed E-state index contributed by atoms with van der Waals surface area (Å²) in [6.07, 6.45) is 1.86. The van der Waals surface area contributed by atoms with Crippen molar-refractivity contribution in [1.29, 1.82) is 0 Å². The predicted octanol–water partition coefficient (Wildman–Crippen LogP) is 3.50. The third kappa shape index (κ3) is 2.25. The van der Waals surface area contributed by atoms with Crippen LogP contribution in [0.3, 0.4) is 0 Å². The molecule has 0 saturated heterocycles. The first-order chi connectivity index (χ1) is 7.68. The number of hydrazone groups is 1. The first kappa shape index (κ1) is 11.1. The molecule has 0 atom stereocenters. The molecule has 0 radical (unpaired) electrons. The van der Waals surface area contributed by atoms with E-state index in [0.717, 1.165) is 10.0 Å². The second kappa shape index (κ2) is 4.66. The van der Waals surface area contributed by atoms with Gasteiger partial charge in [-0.15, -0.1) is 0 Å². The number of hydrogen-bond donors (Lipinski definition) is 0. The van der Waals surface area contributed by atoms with Gasteiger partial charge in [0.05, 0.1) is 6.21 Å². The smallest absolute Gasteiger partial charge is 0.0554 e. The van der Waals surface area contributed by atoms with E-state index in [0.29, 0.717) is 0 Å². The summed E-state index contributed by atoms with van der Waals surface area (Å²) in [5.41, 5.74) is 1.09. The Morgan fingerprint density at radius 1 is 1.12 bits per heavy atom. The zero-order valence-electron chi connectivity index (χ0n) is 9.31. The number of halogens is 1. The largest absolute Gasteiger partial charge is 0.303 e. The van der Waals surface area contributed by atoms with Gasteiger partial charge in [0.15, 0.2) is 0 Å². The van der Waals surface area contributed by atoms with Crippen molar-refractivity contribution in [1.82, 2.24) is 5.01 Å². The lowest BCUT2D eigenvalue weighted by atomic mass is 10.1. The van der Waals surface area contributed by atoms with Crippen molar-refractivity contribution in [3.05, 3.63) is 46.4 Å². The van der Waals surface area contributed by atoms with Crippen LogP contribution in [0.15, 0.2) is 46.0 Å². The number of fused-ring (bicyclic) bond motifs is 1. The Labute approximate surface area is 104 Å². The molecule has 0 N–H and O–H groups in total. The number of nitrogens with zero attached hydrogens (tertiary/aromatic N) is 2. The minimum atomic E-state index is 1.09. The summed E-state index contributed by atoms with van der Waals surface area (Å²) in [7, 11) is 3.82. The fourth-order valence-electron chi connectivity index (χ4n) is 1.53. The average molecular weight is 277 g/mol. The van der Waals surface area contributed by atoms with Gasteiger partial charge in [0.25, 0.3) is 0 Å². The molecule has 82 valence electrons. The highest BCUT2D eigenvalue weighted by Gasteiger charge is 2.02. The van der Waals surface area contributed by atoms with Gasteiger partial charge < -0.3 is 5.01 Å². The lowest BCUT2D eigenvalue weighted by Gasteiger charge is -2.06. The molecule has 0 saturated carbocycles. The Bertz CT molecular complexity index is 532. The van der Waals surface area contributed by atoms with Crippen molar-refractivity contribution in [2.45, 2.75) is 0 Å². The van der Waals surface area contributed by atoms with Crippen LogP contribution in [0.2, 0.25) is 0 Å². The Morgan fingerprint density at radius 2 is 1.88 bits per heavy atom. The van der Waals surface area contributed by atoms with E-state index in [1.165, 1.54) is 10.8 Å². The summed E-state index contributed by atoms with van der Waals surface area (Å²) < 4.78 is 1.09. The lowest BCUT2D eigenvalue weighted by molar-refractivity contribution is 0.440. The summed E-state index contributed by atoms with van der Waals surface area (Å²) in [4.78, 5) is 0. The molecule has 0 bridgehead atoms. The van der Waals surface area contributed by atoms with Crippen molar-refractivity contribution >= 4 is 32.9 Å². The van der Waals surface area contributed by atoms with Gasteiger partial charge in [-0.05, 0) is 26.7 Å². The van der Waals surface area contributed by atoms with Crippen LogP contribution in [0.5, 0.6) is 0 Å². The van der Waals surface area contributed by atoms with E-state index in [9.17, 15) is 0 Å². The molecule has 0 aliphatic carbocycles. The molecule has 0 aromatic heterocycles. The zero-order chi connectivity index (χ0) is 11.5. The minimum Gasteiger partial charge on any atom is -0.303 e. The maximum Gasteiger partial charge on any atom is 0.0554 e. The van der Waals surface area contributed by atoms with Gasteiger partial charge in [0.1, 0.15) is 0 Å². The summed E-state index contributed by atoms with van der Waals surface area (Å²) in [6, 6.07) is 12.5. The monoisotopic (exact) mass is 276 g/mol. The number of hydrogen-bond acceptors (Lipinski definition) is 2. The molecular weight excluding hydrogens is 264 g/mol. The van der Waals surface area contributed by atoms with Crippen LogP contribution < -0.4 is 0 Å². The molecule has 0 fully saturated rings. The van der Waals surface area contributed by atoms with Crippen molar-refractivity contribution in [2.24, 2.45) is 5.10 Å². The van der Waals surface area contributed by atoms with Crippen LogP contribution in [0, 0.1) is 0 Å². The second-order valence-corrected chi connectivity index (χ2v) is 4.57. The topological polar surface area (TPSA) is 15.6 Å². The molecule has 0 heterocycles. The Morgan fingerprint density at radius 3 is 2.62 bits per heavy atom. The lowest BCUT2D eigenvalue weighted by Crippen LogP contribution is -2.02. The van der Waals surface area contributed by atoms with E-state index in [-0.39, 0.29) is 0 Å². The maximum atomic E-state index is 4.24. The van der Waals surface area contributed by atoms with Crippen molar-refractivity contribution in [3.8, 4) is 0 Å². The van der Waals surface area contributed by atoms with Gasteiger partial charge in [0, 0.05) is 24.1 Å². The normalized spacial score (nSPS) is 11.2. The molecule has 0 spiro atoms. The van der Waals surface area contributed by atoms with Crippen molar-refractivity contribution in [3.63, 3.8) is 0 Å². The molecule has 0 unspecified atom stereocenters. The Balaban J connectivity index is 2.52. The van der Waals surface area contributed by atoms with Gasteiger partial charge in [-0.1, -0.05) is 36.4 Å². The number of rotatable bonds is 2. The molecule has 0 aliphatic rings. The minimum absolute atomic E-state index is 1.09. The van der Waals surface area contributed by atoms with E-state index in [4.69, 9.17) is 0 Å². The molecule has 16 heavy (non-hydrogen) atoms. The molecular formula is C13H13BrN2. The van der Waals surface area contributed by atoms with Crippen molar-refractivity contribution < 1.29 is 0 Å². The maximum absolute atomic E-state index is 4.24. The van der Waals surface area contributed by atoms with Gasteiger partial charge in [-0.3, -0.25) is 0 Å². The fraction of sp³-hybridized carbons (Fsp3) is 0.154. The standard InChI is InChI=1S/C13H13BrN2/c1-16(2)15-9-11-8-7-10-5-3-4-6-12(10)13(11)14/h3-9H,1-2H3/b15-9+. The van der Waals surface area contributed by atoms with Gasteiger partial charge in [-0.2, -0.15) is 5.10 Å². The highest BCUT2D eigenvalue weighted by molar-refractivity contribution is 9.10. The molecule has 0 amide bonds. The van der Waals surface area contributed by atoms with Crippen LogP contribution >= 0.6 is 15.9 Å². The fourth-order valence-corrected chi connectivity index (χ4v) is 2.12. The summed E-state index contributed by atoms with van der Waals surface area (Å²) >= 11 is 3.62. The third-order valence-electron chi connectivity index (χ3n) is 2.32. The molecule has 2 nitrogen and oxygen atoms in total. The molecule has 2 aromatic carbocycles. The molecule has 2 rings (SSSR count). The van der Waals surface area contributed by atoms with Gasteiger partial charge in [0.2, 0.25) is 0 Å². The van der Waals surface area contributed by atoms with E-state index in [2.05, 4.69) is 45.3 Å². The molecule has 3 heteroatoms. The average Bonchev–Trinajstić information content (AvgIpc) is 2.28. The highest BCUT2D eigenvalue weighted by atomic mass is 79.9. The van der Waals surface area contributed by atoms with E-state index >= 15 is 0 Å². The first-order valence-corrected chi connectivity index (χ1v) is 5.86. The van der Waals surface area contributed by atoms with Gasteiger partial charge in [-0.25, -0.2) is 0 Å². The molecule has 2 aromatic rings. The first-order valence-electron chi connectivity index (χ1n) is 5.07. The molecule has 0 aliphatic heterocycles. The number of benzene rings is 2. The van der Waals surface area contributed by atoms with Gasteiger partial charge >= 0.3 is 0 Å². The van der Waals surface area contributed by atoms with Crippen LogP contribution in [-0.2, 0) is 0 Å². The second-order valence-electron chi connectivity index (χ2n) is 3.78. The van der Waals surface area contributed by atoms with Crippen LogP contribution in [-0.4, -0.2) is 25.3 Å². The van der Waals surface area contributed by atoms with E-state index < -0.39 is 0 Å². The quantitative estimate of drug-likeness (QED) is 0.606. The van der Waals surface area contributed by atoms with E-state index in [1.54, 1.807) is 5.01 Å². The predicted molar refractivity (Wildman–Crippen MR) is 72.9 cm³/mol. The van der Waals surface area contributed by atoms with Crippen LogP contribution in [0.25, 0.3) is 10.8 Å². The Kier molecular flexibility index (Phi) is 3.25. The SMILES string of the molecule is CN(C)/N=C/c1ccc2ccccc2c1Br. The summed E-state index contributed by atoms with van der Waals surface area (Å²) in [5, 5.41) is 8.47. The zero-order valence-corrected chi connectivity index (χ0v) is 10.9.